The van der Waals surface area contributed by atoms with Gasteiger partial charge in [0.1, 0.15) is 10.7 Å². The second kappa shape index (κ2) is 5.27. The molecule has 1 unspecified atom stereocenters. The maximum atomic E-state index is 13.5. The van der Waals surface area contributed by atoms with Crippen molar-refractivity contribution in [1.82, 2.24) is 9.62 Å². The number of sulfonamides is 1. The van der Waals surface area contributed by atoms with Crippen molar-refractivity contribution in [1.29, 1.82) is 0 Å². The fraction of sp³-hybridized carbons (Fsp3) is 0.462. The molecule has 6 nitrogen and oxygen atoms in total. The molecule has 0 aromatic heterocycles. The number of amides is 1. The number of nitrogen functional groups attached to an aromatic ring is 1. The van der Waals surface area contributed by atoms with Crippen LogP contribution in [-0.4, -0.2) is 38.8 Å². The molecule has 1 saturated heterocycles. The fourth-order valence-corrected chi connectivity index (χ4v) is 4.18. The van der Waals surface area contributed by atoms with Gasteiger partial charge in [0.2, 0.25) is 15.9 Å². The lowest BCUT2D eigenvalue weighted by atomic mass is 9.89. The van der Waals surface area contributed by atoms with Crippen LogP contribution in [0.5, 0.6) is 0 Å². The second-order valence-corrected chi connectivity index (χ2v) is 7.29. The van der Waals surface area contributed by atoms with Gasteiger partial charge in [-0.05, 0) is 25.5 Å². The minimum atomic E-state index is -3.92. The molecular formula is C13H18FN3O3S. The zero-order chi connectivity index (χ0) is 15.8. The van der Waals surface area contributed by atoms with Crippen molar-refractivity contribution < 1.29 is 17.6 Å². The summed E-state index contributed by atoms with van der Waals surface area (Å²) in [4.78, 5) is 11.6. The average Bonchev–Trinajstić information content (AvgIpc) is 2.85. The number of nitrogens with one attached hydrogen (secondary N) is 1. The number of benzene rings is 1. The summed E-state index contributed by atoms with van der Waals surface area (Å²) in [5, 5.41) is 2.53. The van der Waals surface area contributed by atoms with Gasteiger partial charge in [-0.25, -0.2) is 12.8 Å². The van der Waals surface area contributed by atoms with Crippen molar-refractivity contribution in [3.63, 3.8) is 0 Å². The summed E-state index contributed by atoms with van der Waals surface area (Å²) in [6.07, 6.45) is 0.404. The molecule has 1 amide bonds. The van der Waals surface area contributed by atoms with E-state index in [0.29, 0.717) is 6.42 Å². The highest BCUT2D eigenvalue weighted by Gasteiger charge is 2.44. The molecule has 0 aliphatic carbocycles. The number of hydrogen-bond donors (Lipinski definition) is 2. The van der Waals surface area contributed by atoms with Crippen LogP contribution in [0.2, 0.25) is 0 Å². The minimum Gasteiger partial charge on any atom is -0.395 e. The average molecular weight is 315 g/mol. The van der Waals surface area contributed by atoms with E-state index in [1.54, 1.807) is 6.92 Å². The van der Waals surface area contributed by atoms with E-state index >= 15 is 0 Å². The lowest BCUT2D eigenvalue weighted by Crippen LogP contribution is -2.40. The molecule has 1 atom stereocenters. The molecule has 0 spiro atoms. The van der Waals surface area contributed by atoms with Gasteiger partial charge >= 0.3 is 0 Å². The zero-order valence-electron chi connectivity index (χ0n) is 11.9. The number of carbonyl (C=O) groups excluding carboxylic acids is 1. The molecule has 0 saturated carbocycles. The summed E-state index contributed by atoms with van der Waals surface area (Å²) in [5.41, 5.74) is 4.34. The van der Waals surface area contributed by atoms with Crippen molar-refractivity contribution in [3.8, 4) is 0 Å². The molecule has 1 heterocycles. The van der Waals surface area contributed by atoms with Crippen LogP contribution < -0.4 is 11.1 Å². The lowest BCUT2D eigenvalue weighted by Gasteiger charge is -2.23. The Hall–Kier alpha value is -1.67. The molecule has 8 heteroatoms. The van der Waals surface area contributed by atoms with E-state index < -0.39 is 26.9 Å². The molecule has 21 heavy (non-hydrogen) atoms. The van der Waals surface area contributed by atoms with Gasteiger partial charge in [-0.15, -0.1) is 0 Å². The smallest absolute Gasteiger partial charge is 0.245 e. The molecule has 1 aliphatic rings. The van der Waals surface area contributed by atoms with Crippen molar-refractivity contribution >= 4 is 21.6 Å². The second-order valence-electron chi connectivity index (χ2n) is 5.38. The molecule has 116 valence electrons. The first-order chi connectivity index (χ1) is 9.72. The monoisotopic (exact) mass is 315 g/mol. The highest BCUT2D eigenvalue weighted by molar-refractivity contribution is 7.89. The number of nitrogens with two attached hydrogens (primary N) is 1. The van der Waals surface area contributed by atoms with Gasteiger partial charge in [0.15, 0.2) is 0 Å². The Kier molecular flexibility index (Phi) is 3.94. The highest BCUT2D eigenvalue weighted by Crippen LogP contribution is 2.35. The van der Waals surface area contributed by atoms with Crippen molar-refractivity contribution in [2.45, 2.75) is 18.2 Å². The zero-order valence-corrected chi connectivity index (χ0v) is 12.7. The van der Waals surface area contributed by atoms with Gasteiger partial charge in [0, 0.05) is 20.1 Å². The Morgan fingerprint density at radius 2 is 2.14 bits per heavy atom. The molecule has 1 aromatic rings. The SMILES string of the molecule is CNC(=O)C1(C)CCN(S(=O)(=O)c2cccc(F)c2N)C1. The summed E-state index contributed by atoms with van der Waals surface area (Å²) < 4.78 is 39.7. The molecule has 0 bridgehead atoms. The summed E-state index contributed by atoms with van der Waals surface area (Å²) >= 11 is 0. The van der Waals surface area contributed by atoms with E-state index in [0.717, 1.165) is 6.07 Å². The Morgan fingerprint density at radius 1 is 1.48 bits per heavy atom. The van der Waals surface area contributed by atoms with Gasteiger partial charge in [0.25, 0.3) is 0 Å². The summed E-state index contributed by atoms with van der Waals surface area (Å²) in [7, 11) is -2.41. The van der Waals surface area contributed by atoms with E-state index in [1.807, 2.05) is 0 Å². The van der Waals surface area contributed by atoms with E-state index in [4.69, 9.17) is 5.73 Å². The molecule has 1 aromatic carbocycles. The van der Waals surface area contributed by atoms with E-state index in [2.05, 4.69) is 5.32 Å². The first-order valence-corrected chi connectivity index (χ1v) is 7.93. The van der Waals surface area contributed by atoms with E-state index in [1.165, 1.54) is 23.5 Å². The quantitative estimate of drug-likeness (QED) is 0.797. The lowest BCUT2D eigenvalue weighted by molar-refractivity contribution is -0.128. The van der Waals surface area contributed by atoms with Crippen molar-refractivity contribution in [2.24, 2.45) is 5.41 Å². The first kappa shape index (κ1) is 15.7. The number of carbonyl (C=O) groups is 1. The van der Waals surface area contributed by atoms with Crippen LogP contribution in [0.4, 0.5) is 10.1 Å². The highest BCUT2D eigenvalue weighted by atomic mass is 32.2. The van der Waals surface area contributed by atoms with Crippen LogP contribution in [0.1, 0.15) is 13.3 Å². The van der Waals surface area contributed by atoms with Crippen LogP contribution in [0.25, 0.3) is 0 Å². The van der Waals surface area contributed by atoms with Crippen LogP contribution in [-0.2, 0) is 14.8 Å². The van der Waals surface area contributed by atoms with Crippen LogP contribution in [0.15, 0.2) is 23.1 Å². The van der Waals surface area contributed by atoms with Gasteiger partial charge in [-0.3, -0.25) is 4.79 Å². The Balaban J connectivity index is 2.35. The molecule has 2 rings (SSSR count). The standard InChI is InChI=1S/C13H18FN3O3S/c1-13(12(18)16-2)6-7-17(8-13)21(19,20)10-5-3-4-9(14)11(10)15/h3-5H,6-8,15H2,1-2H3,(H,16,18). The molecule has 0 radical (unpaired) electrons. The normalized spacial score (nSPS) is 23.2. The summed E-state index contributed by atoms with van der Waals surface area (Å²) in [6, 6.07) is 3.67. The van der Waals surface area contributed by atoms with Crippen molar-refractivity contribution in [2.75, 3.05) is 25.9 Å². The number of nitrogens with zero attached hydrogens (tertiary/aromatic N) is 1. The maximum Gasteiger partial charge on any atom is 0.245 e. The van der Waals surface area contributed by atoms with E-state index in [9.17, 15) is 17.6 Å². The maximum absolute atomic E-state index is 13.5. The Morgan fingerprint density at radius 3 is 2.76 bits per heavy atom. The number of rotatable bonds is 3. The fourth-order valence-electron chi connectivity index (χ4n) is 2.49. The van der Waals surface area contributed by atoms with E-state index in [-0.39, 0.29) is 23.9 Å². The van der Waals surface area contributed by atoms with Gasteiger partial charge in [-0.1, -0.05) is 6.07 Å². The third kappa shape index (κ3) is 2.60. The van der Waals surface area contributed by atoms with Crippen molar-refractivity contribution in [3.05, 3.63) is 24.0 Å². The molecule has 3 N–H and O–H groups in total. The molecule has 1 fully saturated rings. The third-order valence-electron chi connectivity index (χ3n) is 3.84. The number of anilines is 1. The van der Waals surface area contributed by atoms with Gasteiger partial charge in [0.05, 0.1) is 11.1 Å². The first-order valence-electron chi connectivity index (χ1n) is 6.49. The topological polar surface area (TPSA) is 92.5 Å². The van der Waals surface area contributed by atoms with Crippen LogP contribution >= 0.6 is 0 Å². The number of hydrogen-bond acceptors (Lipinski definition) is 4. The number of para-hydroxylation sites is 1. The summed E-state index contributed by atoms with van der Waals surface area (Å²) in [6.45, 7) is 1.95. The predicted molar refractivity (Wildman–Crippen MR) is 76.4 cm³/mol. The Bertz CT molecular complexity index is 677. The third-order valence-corrected chi connectivity index (χ3v) is 5.75. The number of halogens is 1. The largest absolute Gasteiger partial charge is 0.395 e. The van der Waals surface area contributed by atoms with Gasteiger partial charge < -0.3 is 11.1 Å². The van der Waals surface area contributed by atoms with Crippen LogP contribution in [0.3, 0.4) is 0 Å². The van der Waals surface area contributed by atoms with Crippen LogP contribution in [0, 0.1) is 11.2 Å². The molecule has 1 aliphatic heterocycles. The molecular weight excluding hydrogens is 297 g/mol. The minimum absolute atomic E-state index is 0.0466. The Labute approximate surface area is 123 Å². The van der Waals surface area contributed by atoms with Gasteiger partial charge in [-0.2, -0.15) is 4.31 Å². The summed E-state index contributed by atoms with van der Waals surface area (Å²) in [5.74, 6) is -0.989. The predicted octanol–water partition coefficient (Wildman–Crippen LogP) is 0.555.